The van der Waals surface area contributed by atoms with Gasteiger partial charge in [-0.15, -0.1) is 24.8 Å². The summed E-state index contributed by atoms with van der Waals surface area (Å²) in [6.45, 7) is 1.62. The Morgan fingerprint density at radius 1 is 1.43 bits per heavy atom. The van der Waals surface area contributed by atoms with Gasteiger partial charge in [0.2, 0.25) is 5.91 Å². The van der Waals surface area contributed by atoms with E-state index in [1.54, 1.807) is 18.6 Å². The zero-order valence-corrected chi connectivity index (χ0v) is 12.7. The third kappa shape index (κ3) is 3.90. The van der Waals surface area contributed by atoms with E-state index in [4.69, 9.17) is 0 Å². The molecule has 7 nitrogen and oxygen atoms in total. The maximum absolute atomic E-state index is 12.1. The molecule has 1 fully saturated rings. The average molecular weight is 331 g/mol. The molecule has 2 aromatic heterocycles. The Bertz CT molecular complexity index is 571. The summed E-state index contributed by atoms with van der Waals surface area (Å²) in [4.78, 5) is 20.2. The highest BCUT2D eigenvalue weighted by atomic mass is 35.5. The Balaban J connectivity index is 0.00000110. The zero-order valence-electron chi connectivity index (χ0n) is 11.1. The molecule has 9 heteroatoms. The number of hydrogen-bond acceptors (Lipinski definition) is 5. The molecule has 1 amide bonds. The fraction of sp³-hybridized carbons (Fsp3) is 0.333. The van der Waals surface area contributed by atoms with Crippen molar-refractivity contribution in [2.24, 2.45) is 5.92 Å². The first kappa shape index (κ1) is 17.4. The van der Waals surface area contributed by atoms with Crippen LogP contribution in [0.25, 0.3) is 5.82 Å². The minimum atomic E-state index is 0. The highest BCUT2D eigenvalue weighted by molar-refractivity contribution is 5.94. The van der Waals surface area contributed by atoms with E-state index in [1.807, 2.05) is 6.07 Å². The highest BCUT2D eigenvalue weighted by Crippen LogP contribution is 2.18. The quantitative estimate of drug-likeness (QED) is 0.878. The molecule has 0 saturated carbocycles. The number of hydrogen-bond donors (Lipinski definition) is 2. The van der Waals surface area contributed by atoms with Crippen molar-refractivity contribution >= 4 is 36.4 Å². The summed E-state index contributed by atoms with van der Waals surface area (Å²) in [5, 5.41) is 10.1. The van der Waals surface area contributed by atoms with Crippen LogP contribution in [0.4, 0.5) is 5.69 Å². The van der Waals surface area contributed by atoms with Gasteiger partial charge in [0, 0.05) is 12.7 Å². The molecule has 0 bridgehead atoms. The van der Waals surface area contributed by atoms with Crippen molar-refractivity contribution in [3.05, 3.63) is 31.0 Å². The summed E-state index contributed by atoms with van der Waals surface area (Å²) in [6.07, 6.45) is 5.50. The molecular weight excluding hydrogens is 315 g/mol. The molecule has 0 spiro atoms. The molecule has 114 valence electrons. The first-order valence-electron chi connectivity index (χ1n) is 6.16. The minimum Gasteiger partial charge on any atom is -0.323 e. The third-order valence-electron chi connectivity index (χ3n) is 3.11. The molecule has 0 radical (unpaired) electrons. The van der Waals surface area contributed by atoms with E-state index in [1.165, 1.54) is 11.0 Å². The van der Waals surface area contributed by atoms with Crippen LogP contribution < -0.4 is 10.6 Å². The van der Waals surface area contributed by atoms with Gasteiger partial charge >= 0.3 is 0 Å². The molecule has 1 saturated heterocycles. The van der Waals surface area contributed by atoms with Crippen molar-refractivity contribution in [1.82, 2.24) is 25.1 Å². The summed E-state index contributed by atoms with van der Waals surface area (Å²) in [6, 6.07) is 3.59. The van der Waals surface area contributed by atoms with Crippen molar-refractivity contribution in [3.8, 4) is 5.82 Å². The van der Waals surface area contributed by atoms with Gasteiger partial charge < -0.3 is 10.6 Å². The monoisotopic (exact) mass is 330 g/mol. The minimum absolute atomic E-state index is 0. The lowest BCUT2D eigenvalue weighted by Crippen LogP contribution is -2.25. The third-order valence-corrected chi connectivity index (χ3v) is 3.11. The van der Waals surface area contributed by atoms with Gasteiger partial charge in [0.1, 0.15) is 12.7 Å². The molecule has 0 aromatic carbocycles. The van der Waals surface area contributed by atoms with Gasteiger partial charge in [0.15, 0.2) is 5.82 Å². The van der Waals surface area contributed by atoms with Crippen LogP contribution in [-0.4, -0.2) is 38.7 Å². The Morgan fingerprint density at radius 3 is 2.95 bits per heavy atom. The zero-order chi connectivity index (χ0) is 13.1. The summed E-state index contributed by atoms with van der Waals surface area (Å²) in [5.74, 6) is 0.600. The van der Waals surface area contributed by atoms with Crippen molar-refractivity contribution in [1.29, 1.82) is 0 Å². The second kappa shape index (κ2) is 7.92. The van der Waals surface area contributed by atoms with E-state index >= 15 is 0 Å². The fourth-order valence-electron chi connectivity index (χ4n) is 2.11. The maximum atomic E-state index is 12.1. The molecule has 1 aliphatic heterocycles. The molecule has 3 heterocycles. The second-order valence-corrected chi connectivity index (χ2v) is 4.39. The summed E-state index contributed by atoms with van der Waals surface area (Å²) in [7, 11) is 0. The van der Waals surface area contributed by atoms with Gasteiger partial charge in [-0.25, -0.2) is 14.6 Å². The lowest BCUT2D eigenvalue weighted by atomic mass is 10.1. The van der Waals surface area contributed by atoms with Gasteiger partial charge in [-0.3, -0.25) is 4.79 Å². The number of pyridine rings is 1. The van der Waals surface area contributed by atoms with Crippen LogP contribution in [0.3, 0.4) is 0 Å². The van der Waals surface area contributed by atoms with Gasteiger partial charge in [0.05, 0.1) is 11.6 Å². The normalized spacial score (nSPS) is 16.7. The van der Waals surface area contributed by atoms with E-state index in [2.05, 4.69) is 25.7 Å². The largest absolute Gasteiger partial charge is 0.323 e. The van der Waals surface area contributed by atoms with Crippen molar-refractivity contribution in [2.75, 3.05) is 18.4 Å². The topological polar surface area (TPSA) is 84.7 Å². The van der Waals surface area contributed by atoms with Gasteiger partial charge in [-0.2, -0.15) is 5.10 Å². The van der Waals surface area contributed by atoms with E-state index in [9.17, 15) is 4.79 Å². The van der Waals surface area contributed by atoms with E-state index in [0.717, 1.165) is 19.5 Å². The Morgan fingerprint density at radius 2 is 2.29 bits per heavy atom. The first-order valence-corrected chi connectivity index (χ1v) is 6.16. The van der Waals surface area contributed by atoms with Crippen LogP contribution in [0.15, 0.2) is 31.0 Å². The van der Waals surface area contributed by atoms with E-state index < -0.39 is 0 Å². The van der Waals surface area contributed by atoms with Gasteiger partial charge in [-0.05, 0) is 25.1 Å². The standard InChI is InChI=1S/C12H14N6O.2ClH/c19-12(9-3-5-13-6-9)17-10-2-1-4-15-11(10)18-8-14-7-16-18;;/h1-2,4,7-9,13H,3,5-6H2,(H,17,19);2*1H. The van der Waals surface area contributed by atoms with Crippen LogP contribution in [0.1, 0.15) is 6.42 Å². The van der Waals surface area contributed by atoms with Crippen molar-refractivity contribution < 1.29 is 4.79 Å². The number of carbonyl (C=O) groups is 1. The van der Waals surface area contributed by atoms with Gasteiger partial charge in [-0.1, -0.05) is 0 Å². The van der Waals surface area contributed by atoms with Crippen LogP contribution in [0.2, 0.25) is 0 Å². The van der Waals surface area contributed by atoms with Crippen LogP contribution >= 0.6 is 24.8 Å². The summed E-state index contributed by atoms with van der Waals surface area (Å²) in [5.41, 5.74) is 0.643. The number of amides is 1. The predicted octanol–water partition coefficient (Wildman–Crippen LogP) is 1.05. The Hall–Kier alpha value is -1.70. The first-order chi connectivity index (χ1) is 9.34. The molecule has 21 heavy (non-hydrogen) atoms. The fourth-order valence-corrected chi connectivity index (χ4v) is 2.11. The summed E-state index contributed by atoms with van der Waals surface area (Å²) < 4.78 is 1.53. The van der Waals surface area contributed by atoms with Crippen LogP contribution in [-0.2, 0) is 4.79 Å². The SMILES string of the molecule is Cl.Cl.O=C(Nc1cccnc1-n1cncn1)C1CCNC1. The molecule has 1 unspecified atom stereocenters. The van der Waals surface area contributed by atoms with E-state index in [-0.39, 0.29) is 36.6 Å². The molecule has 0 aliphatic carbocycles. The number of carbonyl (C=O) groups excluding carboxylic acids is 1. The molecular formula is C12H16Cl2N6O. The molecule has 2 N–H and O–H groups in total. The van der Waals surface area contributed by atoms with Gasteiger partial charge in [0.25, 0.3) is 0 Å². The predicted molar refractivity (Wildman–Crippen MR) is 83.3 cm³/mol. The Labute approximate surface area is 134 Å². The molecule has 2 aromatic rings. The average Bonchev–Trinajstić information content (AvgIpc) is 3.13. The molecule has 1 atom stereocenters. The smallest absolute Gasteiger partial charge is 0.228 e. The van der Waals surface area contributed by atoms with E-state index in [0.29, 0.717) is 11.5 Å². The maximum Gasteiger partial charge on any atom is 0.228 e. The van der Waals surface area contributed by atoms with Crippen LogP contribution in [0.5, 0.6) is 0 Å². The summed E-state index contributed by atoms with van der Waals surface area (Å²) >= 11 is 0. The van der Waals surface area contributed by atoms with Crippen molar-refractivity contribution in [3.63, 3.8) is 0 Å². The number of anilines is 1. The number of nitrogens with zero attached hydrogens (tertiary/aromatic N) is 4. The number of rotatable bonds is 3. The number of halogens is 2. The lowest BCUT2D eigenvalue weighted by Gasteiger charge is -2.12. The highest BCUT2D eigenvalue weighted by Gasteiger charge is 2.23. The lowest BCUT2D eigenvalue weighted by molar-refractivity contribution is -0.119. The number of nitrogens with one attached hydrogen (secondary N) is 2. The second-order valence-electron chi connectivity index (χ2n) is 4.39. The Kier molecular flexibility index (Phi) is 6.54. The number of aromatic nitrogens is 4. The van der Waals surface area contributed by atoms with Crippen LogP contribution in [0, 0.1) is 5.92 Å². The van der Waals surface area contributed by atoms with Crippen molar-refractivity contribution in [2.45, 2.75) is 6.42 Å². The molecule has 3 rings (SSSR count). The molecule has 1 aliphatic rings.